The van der Waals surface area contributed by atoms with Crippen LogP contribution in [0.5, 0.6) is 0 Å². The van der Waals surface area contributed by atoms with Crippen molar-refractivity contribution in [2.45, 2.75) is 13.0 Å². The van der Waals surface area contributed by atoms with E-state index in [9.17, 15) is 19.7 Å². The monoisotopic (exact) mass is 391 g/mol. The first-order valence-electron chi connectivity index (χ1n) is 7.92. The molecule has 0 saturated carbocycles. The molecule has 0 saturated heterocycles. The van der Waals surface area contributed by atoms with Crippen LogP contribution in [0, 0.1) is 10.1 Å². The van der Waals surface area contributed by atoms with E-state index >= 15 is 0 Å². The number of nitrogens with one attached hydrogen (secondary N) is 1. The fraction of sp³-hybridized carbons (Fsp3) is 0.222. The van der Waals surface area contributed by atoms with Crippen molar-refractivity contribution in [3.63, 3.8) is 0 Å². The molecule has 27 heavy (non-hydrogen) atoms. The molecule has 0 bridgehead atoms. The number of anilines is 2. The van der Waals surface area contributed by atoms with E-state index < -0.39 is 22.9 Å². The average molecular weight is 392 g/mol. The van der Waals surface area contributed by atoms with E-state index in [-0.39, 0.29) is 11.3 Å². The Hall–Kier alpha value is -3.13. The molecular weight excluding hydrogens is 374 g/mol. The summed E-state index contributed by atoms with van der Waals surface area (Å²) >= 11 is 5.85. The molecule has 9 heteroatoms. The van der Waals surface area contributed by atoms with Gasteiger partial charge >= 0.3 is 5.97 Å². The number of amides is 1. The van der Waals surface area contributed by atoms with Crippen molar-refractivity contribution in [3.8, 4) is 0 Å². The highest BCUT2D eigenvalue weighted by molar-refractivity contribution is 6.30. The molecule has 0 aliphatic heterocycles. The molecular formula is C18H18ClN3O5. The number of hydrogen-bond donors (Lipinski definition) is 1. The van der Waals surface area contributed by atoms with Gasteiger partial charge in [0.2, 0.25) is 0 Å². The maximum atomic E-state index is 12.3. The highest BCUT2D eigenvalue weighted by atomic mass is 35.5. The lowest BCUT2D eigenvalue weighted by Crippen LogP contribution is -2.30. The summed E-state index contributed by atoms with van der Waals surface area (Å²) in [5.41, 5.74) is 0.560. The predicted molar refractivity (Wildman–Crippen MR) is 102 cm³/mol. The molecule has 2 rings (SSSR count). The third-order valence-corrected chi connectivity index (χ3v) is 3.87. The molecule has 0 unspecified atom stereocenters. The molecule has 0 aromatic heterocycles. The van der Waals surface area contributed by atoms with E-state index in [4.69, 9.17) is 16.3 Å². The quantitative estimate of drug-likeness (QED) is 0.459. The van der Waals surface area contributed by atoms with Crippen molar-refractivity contribution in [2.75, 3.05) is 24.3 Å². The van der Waals surface area contributed by atoms with Gasteiger partial charge in [-0.05, 0) is 37.3 Å². The number of benzene rings is 2. The largest absolute Gasteiger partial charge is 0.449 e. The van der Waals surface area contributed by atoms with Gasteiger partial charge in [-0.1, -0.05) is 17.7 Å². The van der Waals surface area contributed by atoms with Crippen LogP contribution in [0.25, 0.3) is 0 Å². The van der Waals surface area contributed by atoms with Crippen LogP contribution in [-0.2, 0) is 9.53 Å². The minimum atomic E-state index is -1.11. The first-order chi connectivity index (χ1) is 12.7. The average Bonchev–Trinajstić information content (AvgIpc) is 2.60. The van der Waals surface area contributed by atoms with Crippen molar-refractivity contribution in [2.24, 2.45) is 0 Å². The summed E-state index contributed by atoms with van der Waals surface area (Å²) in [6, 6.07) is 10.5. The molecule has 0 spiro atoms. The zero-order valence-electron chi connectivity index (χ0n) is 14.9. The van der Waals surface area contributed by atoms with Gasteiger partial charge in [0.1, 0.15) is 5.69 Å². The standard InChI is InChI=1S/C18H18ClN3O5/c1-11(17(23)20-14-6-4-5-13(19)10-14)27-18(24)12-7-8-15(21(2)3)16(9-12)22(25)26/h4-11H,1-3H3,(H,20,23)/t11-/m0/s1. The van der Waals surface area contributed by atoms with Crippen LogP contribution < -0.4 is 10.2 Å². The van der Waals surface area contributed by atoms with Gasteiger partial charge in [-0.25, -0.2) is 4.79 Å². The van der Waals surface area contributed by atoms with E-state index in [1.807, 2.05) is 0 Å². The van der Waals surface area contributed by atoms with E-state index in [0.29, 0.717) is 16.4 Å². The highest BCUT2D eigenvalue weighted by Crippen LogP contribution is 2.28. The number of hydrogen-bond acceptors (Lipinski definition) is 6. The molecule has 2 aromatic carbocycles. The van der Waals surface area contributed by atoms with Gasteiger partial charge < -0.3 is 15.0 Å². The summed E-state index contributed by atoms with van der Waals surface area (Å²) in [5.74, 6) is -1.39. The number of nitro groups is 1. The molecule has 1 amide bonds. The highest BCUT2D eigenvalue weighted by Gasteiger charge is 2.23. The zero-order valence-corrected chi connectivity index (χ0v) is 15.7. The molecule has 142 valence electrons. The Morgan fingerprint density at radius 1 is 1.22 bits per heavy atom. The van der Waals surface area contributed by atoms with Gasteiger partial charge in [-0.15, -0.1) is 0 Å². The molecule has 0 heterocycles. The molecule has 0 aliphatic rings. The van der Waals surface area contributed by atoms with Crippen LogP contribution in [0.1, 0.15) is 17.3 Å². The van der Waals surface area contributed by atoms with Crippen LogP contribution in [0.2, 0.25) is 5.02 Å². The molecule has 1 atom stereocenters. The Labute approximate surface area is 160 Å². The Kier molecular flexibility index (Phi) is 6.36. The maximum absolute atomic E-state index is 12.3. The summed E-state index contributed by atoms with van der Waals surface area (Å²) in [6.45, 7) is 1.40. The van der Waals surface area contributed by atoms with E-state index in [2.05, 4.69) is 5.32 Å². The summed E-state index contributed by atoms with van der Waals surface area (Å²) < 4.78 is 5.12. The normalized spacial score (nSPS) is 11.4. The Morgan fingerprint density at radius 2 is 1.93 bits per heavy atom. The van der Waals surface area contributed by atoms with Crippen molar-refractivity contribution in [1.82, 2.24) is 0 Å². The number of esters is 1. The third kappa shape index (κ3) is 5.18. The summed E-state index contributed by atoms with van der Waals surface area (Å²) in [6.07, 6.45) is -1.11. The lowest BCUT2D eigenvalue weighted by atomic mass is 10.1. The fourth-order valence-electron chi connectivity index (χ4n) is 2.27. The second-order valence-corrected chi connectivity index (χ2v) is 6.34. The first-order valence-corrected chi connectivity index (χ1v) is 8.30. The molecule has 1 N–H and O–H groups in total. The molecule has 0 fully saturated rings. The van der Waals surface area contributed by atoms with E-state index in [0.717, 1.165) is 6.07 Å². The maximum Gasteiger partial charge on any atom is 0.339 e. The van der Waals surface area contributed by atoms with E-state index in [1.165, 1.54) is 19.1 Å². The van der Waals surface area contributed by atoms with Crippen LogP contribution in [-0.4, -0.2) is 37.0 Å². The van der Waals surface area contributed by atoms with Crippen molar-refractivity contribution < 1.29 is 19.2 Å². The Bertz CT molecular complexity index is 885. The lowest BCUT2D eigenvalue weighted by molar-refractivity contribution is -0.384. The van der Waals surface area contributed by atoms with Gasteiger partial charge in [-0.2, -0.15) is 0 Å². The first kappa shape index (κ1) is 20.2. The smallest absolute Gasteiger partial charge is 0.339 e. The minimum absolute atomic E-state index is 0.0188. The summed E-state index contributed by atoms with van der Waals surface area (Å²) in [5, 5.41) is 14.2. The molecule has 0 radical (unpaired) electrons. The second kappa shape index (κ2) is 8.50. The van der Waals surface area contributed by atoms with Gasteiger partial charge in [-0.3, -0.25) is 14.9 Å². The molecule has 0 aliphatic carbocycles. The number of nitrogens with zero attached hydrogens (tertiary/aromatic N) is 2. The van der Waals surface area contributed by atoms with Crippen LogP contribution >= 0.6 is 11.6 Å². The van der Waals surface area contributed by atoms with Gasteiger partial charge in [0.05, 0.1) is 10.5 Å². The number of carbonyl (C=O) groups is 2. The lowest BCUT2D eigenvalue weighted by Gasteiger charge is -2.15. The minimum Gasteiger partial charge on any atom is -0.449 e. The Morgan fingerprint density at radius 3 is 2.52 bits per heavy atom. The Balaban J connectivity index is 2.10. The van der Waals surface area contributed by atoms with Crippen molar-refractivity contribution >= 4 is 40.5 Å². The van der Waals surface area contributed by atoms with Gasteiger partial charge in [0.15, 0.2) is 6.10 Å². The fourth-order valence-corrected chi connectivity index (χ4v) is 2.46. The van der Waals surface area contributed by atoms with Crippen molar-refractivity contribution in [3.05, 3.63) is 63.2 Å². The number of rotatable bonds is 6. The van der Waals surface area contributed by atoms with Crippen LogP contribution in [0.15, 0.2) is 42.5 Å². The zero-order chi connectivity index (χ0) is 20.1. The van der Waals surface area contributed by atoms with Gasteiger partial charge in [0.25, 0.3) is 11.6 Å². The number of carbonyl (C=O) groups excluding carboxylic acids is 2. The van der Waals surface area contributed by atoms with Gasteiger partial charge in [0, 0.05) is 30.9 Å². The molecule has 2 aromatic rings. The van der Waals surface area contributed by atoms with E-state index in [1.54, 1.807) is 43.3 Å². The molecule has 8 nitrogen and oxygen atoms in total. The number of nitro benzene ring substituents is 1. The topological polar surface area (TPSA) is 102 Å². The summed E-state index contributed by atoms with van der Waals surface area (Å²) in [7, 11) is 3.31. The predicted octanol–water partition coefficient (Wildman–Crippen LogP) is 3.50. The third-order valence-electron chi connectivity index (χ3n) is 3.63. The van der Waals surface area contributed by atoms with Crippen LogP contribution in [0.4, 0.5) is 17.1 Å². The number of halogens is 1. The number of ether oxygens (including phenoxy) is 1. The van der Waals surface area contributed by atoms with Crippen molar-refractivity contribution in [1.29, 1.82) is 0 Å². The van der Waals surface area contributed by atoms with Crippen LogP contribution in [0.3, 0.4) is 0 Å². The second-order valence-electron chi connectivity index (χ2n) is 5.90. The summed E-state index contributed by atoms with van der Waals surface area (Å²) in [4.78, 5) is 36.6. The SMILES string of the molecule is C[C@H](OC(=O)c1ccc(N(C)C)c([N+](=O)[O-])c1)C(=O)Nc1cccc(Cl)c1.